The number of rotatable bonds is 4. The van der Waals surface area contributed by atoms with Crippen LogP contribution in [0.15, 0.2) is 60.7 Å². The third-order valence-electron chi connectivity index (χ3n) is 4.36. The zero-order valence-corrected chi connectivity index (χ0v) is 16.9. The second-order valence-electron chi connectivity index (χ2n) is 6.38. The molecule has 0 aromatic heterocycles. The summed E-state index contributed by atoms with van der Waals surface area (Å²) in [5.74, 6) is -0.741. The van der Waals surface area contributed by atoms with Gasteiger partial charge < -0.3 is 10.6 Å². The summed E-state index contributed by atoms with van der Waals surface area (Å²) < 4.78 is 0. The van der Waals surface area contributed by atoms with E-state index in [9.17, 15) is 9.59 Å². The van der Waals surface area contributed by atoms with Gasteiger partial charge in [0.15, 0.2) is 0 Å². The van der Waals surface area contributed by atoms with Crippen molar-refractivity contribution in [1.29, 1.82) is 0 Å². The molecule has 0 aliphatic heterocycles. The van der Waals surface area contributed by atoms with Crippen LogP contribution in [0, 0.1) is 13.8 Å². The van der Waals surface area contributed by atoms with Gasteiger partial charge in [-0.05, 0) is 67.4 Å². The van der Waals surface area contributed by atoms with E-state index in [2.05, 4.69) is 10.6 Å². The molecule has 0 radical (unpaired) electrons. The van der Waals surface area contributed by atoms with Gasteiger partial charge in [-0.1, -0.05) is 41.4 Å². The number of hydrogen-bond acceptors (Lipinski definition) is 2. The molecule has 4 nitrogen and oxygen atoms in total. The van der Waals surface area contributed by atoms with Crippen molar-refractivity contribution in [2.75, 3.05) is 10.6 Å². The van der Waals surface area contributed by atoms with E-state index in [1.54, 1.807) is 30.3 Å². The van der Waals surface area contributed by atoms with Gasteiger partial charge >= 0.3 is 0 Å². The molecule has 3 aromatic carbocycles. The summed E-state index contributed by atoms with van der Waals surface area (Å²) >= 11 is 12.0. The number of nitrogens with one attached hydrogen (secondary N) is 2. The highest BCUT2D eigenvalue weighted by Gasteiger charge is 2.16. The third kappa shape index (κ3) is 4.53. The van der Waals surface area contributed by atoms with Gasteiger partial charge in [0.2, 0.25) is 0 Å². The fraction of sp³-hybridized carbons (Fsp3) is 0.0909. The van der Waals surface area contributed by atoms with Crippen LogP contribution in [-0.2, 0) is 0 Å². The van der Waals surface area contributed by atoms with E-state index in [1.165, 1.54) is 12.1 Å². The minimum atomic E-state index is -0.423. The molecule has 0 heterocycles. The van der Waals surface area contributed by atoms with Crippen molar-refractivity contribution in [3.05, 3.63) is 93.0 Å². The summed E-state index contributed by atoms with van der Waals surface area (Å²) in [6, 6.07) is 17.1. The molecule has 6 heteroatoms. The standard InChI is InChI=1S/C22H18Cl2N2O2/c1-13-7-9-16(11-14(13)2)25-22(28)18-5-3-4-6-20(18)26-21(27)17-10-8-15(23)12-19(17)24/h3-12H,1-2H3,(H,25,28)(H,26,27). The first kappa shape index (κ1) is 19.9. The highest BCUT2D eigenvalue weighted by Crippen LogP contribution is 2.24. The quantitative estimate of drug-likeness (QED) is 0.542. The Kier molecular flexibility index (Phi) is 6.02. The highest BCUT2D eigenvalue weighted by atomic mass is 35.5. The van der Waals surface area contributed by atoms with Crippen molar-refractivity contribution < 1.29 is 9.59 Å². The number of anilines is 2. The van der Waals surface area contributed by atoms with Gasteiger partial charge in [-0.15, -0.1) is 0 Å². The summed E-state index contributed by atoms with van der Waals surface area (Å²) in [6.07, 6.45) is 0. The van der Waals surface area contributed by atoms with Crippen LogP contribution in [-0.4, -0.2) is 11.8 Å². The van der Waals surface area contributed by atoms with E-state index in [0.717, 1.165) is 11.1 Å². The smallest absolute Gasteiger partial charge is 0.257 e. The Morgan fingerprint density at radius 2 is 1.46 bits per heavy atom. The lowest BCUT2D eigenvalue weighted by Crippen LogP contribution is -2.18. The average molecular weight is 413 g/mol. The molecular formula is C22H18Cl2N2O2. The van der Waals surface area contributed by atoms with Gasteiger partial charge in [0, 0.05) is 10.7 Å². The average Bonchev–Trinajstić information content (AvgIpc) is 2.65. The SMILES string of the molecule is Cc1ccc(NC(=O)c2ccccc2NC(=O)c2ccc(Cl)cc2Cl)cc1C. The van der Waals surface area contributed by atoms with Crippen LogP contribution < -0.4 is 10.6 Å². The summed E-state index contributed by atoms with van der Waals surface area (Å²) in [4.78, 5) is 25.3. The second kappa shape index (κ2) is 8.46. The molecule has 0 aliphatic carbocycles. The zero-order valence-electron chi connectivity index (χ0n) is 15.3. The molecule has 0 aliphatic rings. The Morgan fingerprint density at radius 3 is 2.18 bits per heavy atom. The van der Waals surface area contributed by atoms with E-state index < -0.39 is 5.91 Å². The van der Waals surface area contributed by atoms with Gasteiger partial charge in [0.1, 0.15) is 0 Å². The van der Waals surface area contributed by atoms with Gasteiger partial charge in [-0.3, -0.25) is 9.59 Å². The number of amides is 2. The van der Waals surface area contributed by atoms with Crippen LogP contribution in [0.5, 0.6) is 0 Å². The summed E-state index contributed by atoms with van der Waals surface area (Å²) in [5, 5.41) is 6.29. The van der Waals surface area contributed by atoms with Gasteiger partial charge in [-0.2, -0.15) is 0 Å². The first-order valence-corrected chi connectivity index (χ1v) is 9.35. The third-order valence-corrected chi connectivity index (χ3v) is 4.91. The minimum absolute atomic E-state index is 0.238. The van der Waals surface area contributed by atoms with Gasteiger partial charge in [-0.25, -0.2) is 0 Å². The van der Waals surface area contributed by atoms with Crippen molar-refractivity contribution in [3.63, 3.8) is 0 Å². The van der Waals surface area contributed by atoms with Crippen LogP contribution in [0.4, 0.5) is 11.4 Å². The first-order chi connectivity index (χ1) is 13.3. The van der Waals surface area contributed by atoms with E-state index >= 15 is 0 Å². The van der Waals surface area contributed by atoms with Gasteiger partial charge in [0.05, 0.1) is 21.8 Å². The maximum atomic E-state index is 12.8. The molecule has 2 amide bonds. The molecule has 0 unspecified atom stereocenters. The number of halogens is 2. The number of aryl methyl sites for hydroxylation is 2. The number of para-hydroxylation sites is 1. The molecule has 0 fully saturated rings. The maximum Gasteiger partial charge on any atom is 0.257 e. The normalized spacial score (nSPS) is 10.4. The molecule has 142 valence electrons. The predicted molar refractivity (Wildman–Crippen MR) is 115 cm³/mol. The molecule has 3 aromatic rings. The van der Waals surface area contributed by atoms with E-state index in [0.29, 0.717) is 22.0 Å². The number of carbonyl (C=O) groups excluding carboxylic acids is 2. The van der Waals surface area contributed by atoms with Crippen molar-refractivity contribution >= 4 is 46.4 Å². The Bertz CT molecular complexity index is 1060. The predicted octanol–water partition coefficient (Wildman–Crippen LogP) is 6.11. The Labute approximate surface area is 173 Å². The van der Waals surface area contributed by atoms with E-state index in [-0.39, 0.29) is 16.5 Å². The van der Waals surface area contributed by atoms with Crippen molar-refractivity contribution in [2.24, 2.45) is 0 Å². The zero-order chi connectivity index (χ0) is 20.3. The largest absolute Gasteiger partial charge is 0.322 e. The molecule has 2 N–H and O–H groups in total. The van der Waals surface area contributed by atoms with Crippen LogP contribution >= 0.6 is 23.2 Å². The summed E-state index contributed by atoms with van der Waals surface area (Å²) in [6.45, 7) is 3.99. The lowest BCUT2D eigenvalue weighted by molar-refractivity contribution is 0.102. The minimum Gasteiger partial charge on any atom is -0.322 e. The molecule has 0 saturated carbocycles. The number of benzene rings is 3. The van der Waals surface area contributed by atoms with Crippen molar-refractivity contribution in [3.8, 4) is 0 Å². The maximum absolute atomic E-state index is 12.8. The lowest BCUT2D eigenvalue weighted by atomic mass is 10.1. The number of hydrogen-bond donors (Lipinski definition) is 2. The number of carbonyl (C=O) groups is 2. The van der Waals surface area contributed by atoms with Gasteiger partial charge in [0.25, 0.3) is 11.8 Å². The topological polar surface area (TPSA) is 58.2 Å². The van der Waals surface area contributed by atoms with Crippen molar-refractivity contribution in [2.45, 2.75) is 13.8 Å². The molecule has 3 rings (SSSR count). The highest BCUT2D eigenvalue weighted by molar-refractivity contribution is 6.37. The fourth-order valence-electron chi connectivity index (χ4n) is 2.67. The van der Waals surface area contributed by atoms with Crippen LogP contribution in [0.3, 0.4) is 0 Å². The summed E-state index contributed by atoms with van der Waals surface area (Å²) in [5.41, 5.74) is 3.92. The van der Waals surface area contributed by atoms with Crippen molar-refractivity contribution in [1.82, 2.24) is 0 Å². The fourth-order valence-corrected chi connectivity index (χ4v) is 3.17. The van der Waals surface area contributed by atoms with E-state index in [1.807, 2.05) is 32.0 Å². The molecule has 0 atom stereocenters. The molecule has 0 spiro atoms. The second-order valence-corrected chi connectivity index (χ2v) is 7.22. The molecule has 0 bridgehead atoms. The summed E-state index contributed by atoms with van der Waals surface area (Å²) in [7, 11) is 0. The first-order valence-electron chi connectivity index (χ1n) is 8.59. The monoisotopic (exact) mass is 412 g/mol. The van der Waals surface area contributed by atoms with Crippen LogP contribution in [0.1, 0.15) is 31.8 Å². The van der Waals surface area contributed by atoms with E-state index in [4.69, 9.17) is 23.2 Å². The molecular weight excluding hydrogens is 395 g/mol. The Balaban J connectivity index is 1.83. The lowest BCUT2D eigenvalue weighted by Gasteiger charge is -2.13. The van der Waals surface area contributed by atoms with Crippen LogP contribution in [0.2, 0.25) is 10.0 Å². The molecule has 0 saturated heterocycles. The Hall–Kier alpha value is -2.82. The Morgan fingerprint density at radius 1 is 0.750 bits per heavy atom. The van der Waals surface area contributed by atoms with Crippen LogP contribution in [0.25, 0.3) is 0 Å². The molecule has 28 heavy (non-hydrogen) atoms.